The summed E-state index contributed by atoms with van der Waals surface area (Å²) in [5, 5.41) is 19.0. The van der Waals surface area contributed by atoms with Crippen molar-refractivity contribution in [3.63, 3.8) is 0 Å². The summed E-state index contributed by atoms with van der Waals surface area (Å²) in [6, 6.07) is 13.1. The van der Waals surface area contributed by atoms with Crippen LogP contribution in [0.25, 0.3) is 11.0 Å². The number of aryl methyl sites for hydroxylation is 3. The van der Waals surface area contributed by atoms with Gasteiger partial charge in [-0.3, -0.25) is 13.9 Å². The number of rotatable bonds is 8. The van der Waals surface area contributed by atoms with Crippen LogP contribution < -0.4 is 4.74 Å². The van der Waals surface area contributed by atoms with Gasteiger partial charge in [0.2, 0.25) is 0 Å². The van der Waals surface area contributed by atoms with Crippen molar-refractivity contribution in [2.75, 3.05) is 6.54 Å². The van der Waals surface area contributed by atoms with Gasteiger partial charge in [0.1, 0.15) is 22.3 Å². The molecular weight excluding hydrogens is 560 g/mol. The lowest BCUT2D eigenvalue weighted by atomic mass is 9.72. The average molecular weight is 599 g/mol. The van der Waals surface area contributed by atoms with E-state index in [1.165, 1.54) is 0 Å². The van der Waals surface area contributed by atoms with Crippen molar-refractivity contribution in [1.82, 2.24) is 19.3 Å². The number of fused-ring (bicyclic) bond motifs is 2. The van der Waals surface area contributed by atoms with Crippen LogP contribution in [0.5, 0.6) is 5.75 Å². The fourth-order valence-corrected chi connectivity index (χ4v) is 8.58. The standard InChI is InChI=1S/C30H38N4O5S2/c1-7-21-17-33(41(37,38)26-12-10-9-11-24(26)39-21)16-20-15-25(40-19(20)4)27(30(5,6)29(35)36)22-13-14-23-28(18(22)3)31-32-34(23)8-2/h9-15,21,27,37-38H,7-8,16-17H2,1-6H3,(H,35,36)/t21-,27?/m1/s1. The van der Waals surface area contributed by atoms with E-state index in [9.17, 15) is 19.0 Å². The molecule has 9 nitrogen and oxygen atoms in total. The Morgan fingerprint density at radius 3 is 2.61 bits per heavy atom. The van der Waals surface area contributed by atoms with Gasteiger partial charge in [0, 0.05) is 28.8 Å². The number of carbonyl (C=O) groups is 1. The monoisotopic (exact) mass is 598 g/mol. The quantitative estimate of drug-likeness (QED) is 0.197. The van der Waals surface area contributed by atoms with Gasteiger partial charge in [0.05, 0.1) is 17.5 Å². The first kappa shape index (κ1) is 29.5. The van der Waals surface area contributed by atoms with E-state index in [1.807, 2.05) is 56.6 Å². The summed E-state index contributed by atoms with van der Waals surface area (Å²) in [6.07, 6.45) is 0.515. The van der Waals surface area contributed by atoms with E-state index < -0.39 is 28.1 Å². The molecule has 4 aromatic rings. The van der Waals surface area contributed by atoms with E-state index in [1.54, 1.807) is 47.7 Å². The molecule has 1 aliphatic rings. The number of aliphatic carboxylic acids is 1. The predicted octanol–water partition coefficient (Wildman–Crippen LogP) is 7.07. The fourth-order valence-electron chi connectivity index (χ4n) is 5.61. The number of thiophene rings is 1. The predicted molar refractivity (Wildman–Crippen MR) is 163 cm³/mol. The first-order chi connectivity index (χ1) is 19.4. The minimum Gasteiger partial charge on any atom is -0.487 e. The Labute approximate surface area is 246 Å². The van der Waals surface area contributed by atoms with Crippen LogP contribution in [0.15, 0.2) is 47.4 Å². The number of ether oxygens (including phenoxy) is 1. The summed E-state index contributed by atoms with van der Waals surface area (Å²) in [7, 11) is -3.31. The molecule has 2 aromatic carbocycles. The Bertz CT molecular complexity index is 1590. The minimum absolute atomic E-state index is 0.201. The second-order valence-electron chi connectivity index (χ2n) is 11.2. The molecule has 11 heteroatoms. The van der Waals surface area contributed by atoms with Crippen molar-refractivity contribution in [2.45, 2.75) is 78.0 Å². The Morgan fingerprint density at radius 1 is 1.20 bits per heavy atom. The van der Waals surface area contributed by atoms with Crippen molar-refractivity contribution < 1.29 is 23.7 Å². The molecule has 3 N–H and O–H groups in total. The molecule has 0 saturated carbocycles. The van der Waals surface area contributed by atoms with Gasteiger partial charge in [-0.2, -0.15) is 4.31 Å². The van der Waals surface area contributed by atoms with Gasteiger partial charge in [0.25, 0.3) is 0 Å². The number of carboxylic acids is 1. The summed E-state index contributed by atoms with van der Waals surface area (Å²) in [5.41, 5.74) is 3.30. The zero-order valence-electron chi connectivity index (χ0n) is 24.3. The number of para-hydroxylation sites is 1. The molecule has 0 saturated heterocycles. The third-order valence-electron chi connectivity index (χ3n) is 8.20. The van der Waals surface area contributed by atoms with E-state index in [2.05, 4.69) is 10.3 Å². The molecule has 0 aliphatic carbocycles. The smallest absolute Gasteiger partial charge is 0.310 e. The van der Waals surface area contributed by atoms with Crippen molar-refractivity contribution in [3.8, 4) is 5.75 Å². The van der Waals surface area contributed by atoms with Crippen molar-refractivity contribution in [3.05, 3.63) is 68.9 Å². The van der Waals surface area contributed by atoms with E-state index >= 15 is 0 Å². The maximum Gasteiger partial charge on any atom is 0.310 e. The highest BCUT2D eigenvalue weighted by atomic mass is 32.3. The van der Waals surface area contributed by atoms with Gasteiger partial charge in [0.15, 0.2) is 0 Å². The van der Waals surface area contributed by atoms with Crippen LogP contribution >= 0.6 is 22.1 Å². The number of aromatic nitrogens is 3. The molecule has 0 bridgehead atoms. The molecule has 2 atom stereocenters. The Balaban J connectivity index is 1.58. The highest BCUT2D eigenvalue weighted by Crippen LogP contribution is 2.58. The van der Waals surface area contributed by atoms with Gasteiger partial charge in [-0.25, -0.2) is 4.68 Å². The first-order valence-corrected chi connectivity index (χ1v) is 16.2. The van der Waals surface area contributed by atoms with E-state index in [-0.39, 0.29) is 6.10 Å². The summed E-state index contributed by atoms with van der Waals surface area (Å²) in [5.74, 6) is -0.850. The fraction of sp³-hybridized carbons (Fsp3) is 0.433. The minimum atomic E-state index is -3.31. The number of carboxylic acid groups (broad SMARTS) is 1. The normalized spacial score (nSPS) is 18.9. The molecule has 0 spiro atoms. The lowest BCUT2D eigenvalue weighted by Crippen LogP contribution is -2.34. The summed E-state index contributed by atoms with van der Waals surface area (Å²) in [4.78, 5) is 14.9. The van der Waals surface area contributed by atoms with Crippen LogP contribution in [-0.2, 0) is 17.9 Å². The zero-order chi connectivity index (χ0) is 29.7. The first-order valence-electron chi connectivity index (χ1n) is 13.8. The van der Waals surface area contributed by atoms with Crippen LogP contribution in [0.2, 0.25) is 0 Å². The molecule has 0 fully saturated rings. The van der Waals surface area contributed by atoms with E-state index in [0.29, 0.717) is 36.7 Å². The molecule has 5 rings (SSSR count). The highest BCUT2D eigenvalue weighted by Gasteiger charge is 2.42. The highest BCUT2D eigenvalue weighted by molar-refractivity contribution is 8.22. The third kappa shape index (κ3) is 5.14. The molecule has 1 aliphatic heterocycles. The molecule has 0 amide bonds. The number of hydrogen-bond donors (Lipinski definition) is 3. The molecule has 2 aromatic heterocycles. The number of benzene rings is 2. The lowest BCUT2D eigenvalue weighted by Gasteiger charge is -2.41. The Kier molecular flexibility index (Phi) is 7.95. The molecule has 0 radical (unpaired) electrons. The van der Waals surface area contributed by atoms with Gasteiger partial charge in [-0.15, -0.1) is 27.2 Å². The van der Waals surface area contributed by atoms with Gasteiger partial charge >= 0.3 is 5.97 Å². The van der Waals surface area contributed by atoms with E-state index in [4.69, 9.17) is 4.74 Å². The largest absolute Gasteiger partial charge is 0.487 e. The SMILES string of the molecule is CC[C@@H]1CN(Cc2cc(C(c3ccc4c(nnn4CC)c3C)C(C)(C)C(=O)O)sc2C)S(O)(O)c2ccccc2O1. The molecule has 1 unspecified atom stereocenters. The van der Waals surface area contributed by atoms with Crippen LogP contribution in [0.1, 0.15) is 66.5 Å². The second kappa shape index (κ2) is 11.0. The van der Waals surface area contributed by atoms with Crippen LogP contribution in [0.3, 0.4) is 0 Å². The Morgan fingerprint density at radius 2 is 1.93 bits per heavy atom. The lowest BCUT2D eigenvalue weighted by molar-refractivity contribution is -0.147. The summed E-state index contributed by atoms with van der Waals surface area (Å²) in [6.45, 7) is 12.9. The van der Waals surface area contributed by atoms with Gasteiger partial charge in [-0.05, 0) is 82.0 Å². The number of hydrogen-bond acceptors (Lipinski definition) is 8. The average Bonchev–Trinajstić information content (AvgIpc) is 3.49. The van der Waals surface area contributed by atoms with Crippen molar-refractivity contribution >= 4 is 39.1 Å². The molecule has 3 heterocycles. The maximum atomic E-state index is 12.6. The third-order valence-corrected chi connectivity index (χ3v) is 11.3. The maximum absolute atomic E-state index is 12.6. The molecule has 220 valence electrons. The second-order valence-corrected chi connectivity index (χ2v) is 14.5. The van der Waals surface area contributed by atoms with Crippen LogP contribution in [-0.4, -0.2) is 52.1 Å². The van der Waals surface area contributed by atoms with Crippen molar-refractivity contribution in [2.24, 2.45) is 5.41 Å². The van der Waals surface area contributed by atoms with Crippen LogP contribution in [0, 0.1) is 19.3 Å². The van der Waals surface area contributed by atoms with Gasteiger partial charge in [-0.1, -0.05) is 30.3 Å². The summed E-state index contributed by atoms with van der Waals surface area (Å²) < 4.78 is 32.7. The van der Waals surface area contributed by atoms with E-state index in [0.717, 1.165) is 37.5 Å². The summed E-state index contributed by atoms with van der Waals surface area (Å²) >= 11 is 1.55. The number of nitrogens with zero attached hydrogens (tertiary/aromatic N) is 4. The topological polar surface area (TPSA) is 121 Å². The van der Waals surface area contributed by atoms with Gasteiger partial charge < -0.3 is 9.84 Å². The van der Waals surface area contributed by atoms with Crippen molar-refractivity contribution in [1.29, 1.82) is 0 Å². The van der Waals surface area contributed by atoms with Crippen LogP contribution in [0.4, 0.5) is 0 Å². The molecule has 41 heavy (non-hydrogen) atoms. The Hall–Kier alpha value is -2.96. The molecular formula is C30H38N4O5S2. The zero-order valence-corrected chi connectivity index (χ0v) is 25.9.